The quantitative estimate of drug-likeness (QED) is 0.219. The molecule has 0 saturated carbocycles. The van der Waals surface area contributed by atoms with E-state index in [-0.39, 0.29) is 0 Å². The summed E-state index contributed by atoms with van der Waals surface area (Å²) >= 11 is 0. The molecule has 3 nitrogen and oxygen atoms in total. The number of unbranched alkanes of at least 4 members (excludes halogenated alkanes) is 10. The molecule has 0 N–H and O–H groups in total. The summed E-state index contributed by atoms with van der Waals surface area (Å²) in [5.74, 6) is 0. The van der Waals surface area contributed by atoms with Gasteiger partial charge in [-0.05, 0) is 25.7 Å². The van der Waals surface area contributed by atoms with E-state index in [9.17, 15) is 0 Å². The molecule has 4 heteroatoms. The monoisotopic (exact) mass is 368 g/mol. The van der Waals surface area contributed by atoms with Crippen LogP contribution in [-0.4, -0.2) is 30.1 Å². The fraction of sp³-hybridized carbons (Fsp3) is 0.810. The molecule has 0 heterocycles. The van der Waals surface area contributed by atoms with Crippen LogP contribution in [0.25, 0.3) is 0 Å². The summed E-state index contributed by atoms with van der Waals surface area (Å²) < 4.78 is 16.4. The lowest BCUT2D eigenvalue weighted by atomic mass is 10.0. The first kappa shape index (κ1) is 22.6. The Morgan fingerprint density at radius 3 is 1.64 bits per heavy atom. The second-order valence-electron chi connectivity index (χ2n) is 7.10. The Hall–Kier alpha value is -0.423. The van der Waals surface area contributed by atoms with Gasteiger partial charge in [0.15, 0.2) is 0 Å². The van der Waals surface area contributed by atoms with E-state index in [1.54, 1.807) is 26.9 Å². The average Bonchev–Trinajstić information content (AvgIpc) is 3.16. The average molecular weight is 369 g/mol. The lowest BCUT2D eigenvalue weighted by molar-refractivity contribution is 0.122. The fourth-order valence-corrected chi connectivity index (χ4v) is 5.31. The SMILES string of the molecule is CO[Si](CCCCCCCCCCCCCC1=CCC=C1)(OC)OC. The van der Waals surface area contributed by atoms with Gasteiger partial charge in [0.1, 0.15) is 0 Å². The second-order valence-corrected chi connectivity index (χ2v) is 10.2. The molecule has 0 aromatic heterocycles. The molecule has 146 valence electrons. The van der Waals surface area contributed by atoms with Gasteiger partial charge in [-0.25, -0.2) is 0 Å². The maximum Gasteiger partial charge on any atom is 0.500 e. The van der Waals surface area contributed by atoms with Crippen molar-refractivity contribution in [2.45, 2.75) is 89.5 Å². The largest absolute Gasteiger partial charge is 0.500 e. The molecule has 0 radical (unpaired) electrons. The third-order valence-corrected chi connectivity index (χ3v) is 8.06. The minimum atomic E-state index is -2.33. The van der Waals surface area contributed by atoms with Crippen LogP contribution in [-0.2, 0) is 13.3 Å². The van der Waals surface area contributed by atoms with Gasteiger partial charge in [-0.1, -0.05) is 81.6 Å². The van der Waals surface area contributed by atoms with E-state index in [4.69, 9.17) is 13.3 Å². The normalized spacial score (nSPS) is 14.3. The van der Waals surface area contributed by atoms with Crippen LogP contribution < -0.4 is 0 Å². The van der Waals surface area contributed by atoms with Gasteiger partial charge >= 0.3 is 8.80 Å². The van der Waals surface area contributed by atoms with Crippen molar-refractivity contribution in [1.82, 2.24) is 0 Å². The Morgan fingerprint density at radius 2 is 1.20 bits per heavy atom. The number of hydrogen-bond acceptors (Lipinski definition) is 3. The minimum Gasteiger partial charge on any atom is -0.377 e. The topological polar surface area (TPSA) is 27.7 Å². The molecule has 1 rings (SSSR count). The van der Waals surface area contributed by atoms with Crippen molar-refractivity contribution in [2.75, 3.05) is 21.3 Å². The van der Waals surface area contributed by atoms with Crippen LogP contribution in [0, 0.1) is 0 Å². The fourth-order valence-electron chi connectivity index (χ4n) is 3.51. The summed E-state index contributed by atoms with van der Waals surface area (Å²) in [7, 11) is 2.76. The summed E-state index contributed by atoms with van der Waals surface area (Å²) in [4.78, 5) is 0. The molecule has 0 fully saturated rings. The molecular weight excluding hydrogens is 328 g/mol. The lowest BCUT2D eigenvalue weighted by Gasteiger charge is -2.24. The van der Waals surface area contributed by atoms with Gasteiger partial charge < -0.3 is 13.3 Å². The van der Waals surface area contributed by atoms with Crippen LogP contribution in [0.2, 0.25) is 6.04 Å². The highest BCUT2D eigenvalue weighted by Crippen LogP contribution is 2.19. The van der Waals surface area contributed by atoms with E-state index in [2.05, 4.69) is 18.2 Å². The molecule has 1 aliphatic carbocycles. The Bertz CT molecular complexity index is 367. The van der Waals surface area contributed by atoms with Crippen LogP contribution in [0.5, 0.6) is 0 Å². The van der Waals surface area contributed by atoms with Crippen molar-refractivity contribution < 1.29 is 13.3 Å². The Kier molecular flexibility index (Phi) is 13.3. The highest BCUT2D eigenvalue weighted by Gasteiger charge is 2.36. The highest BCUT2D eigenvalue weighted by molar-refractivity contribution is 6.60. The van der Waals surface area contributed by atoms with E-state index < -0.39 is 8.80 Å². The smallest absolute Gasteiger partial charge is 0.377 e. The zero-order valence-electron chi connectivity index (χ0n) is 16.9. The van der Waals surface area contributed by atoms with Gasteiger partial charge in [0, 0.05) is 27.4 Å². The van der Waals surface area contributed by atoms with Crippen molar-refractivity contribution in [1.29, 1.82) is 0 Å². The first-order valence-electron chi connectivity index (χ1n) is 10.3. The molecule has 25 heavy (non-hydrogen) atoms. The molecule has 0 amide bonds. The Morgan fingerprint density at radius 1 is 0.720 bits per heavy atom. The predicted molar refractivity (Wildman–Crippen MR) is 109 cm³/mol. The summed E-state index contributed by atoms with van der Waals surface area (Å²) in [5.41, 5.74) is 1.56. The molecule has 0 aromatic carbocycles. The lowest BCUT2D eigenvalue weighted by Crippen LogP contribution is -2.42. The van der Waals surface area contributed by atoms with Crippen LogP contribution in [0.15, 0.2) is 23.8 Å². The van der Waals surface area contributed by atoms with Gasteiger partial charge in [-0.15, -0.1) is 0 Å². The van der Waals surface area contributed by atoms with Gasteiger partial charge in [-0.3, -0.25) is 0 Å². The van der Waals surface area contributed by atoms with E-state index in [1.165, 1.54) is 70.6 Å². The van der Waals surface area contributed by atoms with Crippen LogP contribution in [0.1, 0.15) is 83.5 Å². The van der Waals surface area contributed by atoms with Gasteiger partial charge in [0.2, 0.25) is 0 Å². The van der Waals surface area contributed by atoms with E-state index in [1.807, 2.05) is 0 Å². The summed E-state index contributed by atoms with van der Waals surface area (Å²) in [6, 6.07) is 0.934. The van der Waals surface area contributed by atoms with E-state index in [0.717, 1.165) is 18.9 Å². The molecule has 0 saturated heterocycles. The molecular formula is C21H40O3Si. The van der Waals surface area contributed by atoms with Gasteiger partial charge in [0.25, 0.3) is 0 Å². The van der Waals surface area contributed by atoms with Crippen molar-refractivity contribution >= 4 is 8.80 Å². The zero-order chi connectivity index (χ0) is 18.2. The molecule has 1 aliphatic rings. The zero-order valence-corrected chi connectivity index (χ0v) is 17.9. The van der Waals surface area contributed by atoms with Crippen molar-refractivity contribution in [3.05, 3.63) is 23.8 Å². The first-order valence-corrected chi connectivity index (χ1v) is 12.2. The maximum atomic E-state index is 5.45. The molecule has 0 atom stereocenters. The number of allylic oxidation sites excluding steroid dienone is 4. The third kappa shape index (κ3) is 10.3. The van der Waals surface area contributed by atoms with E-state index in [0.29, 0.717) is 0 Å². The van der Waals surface area contributed by atoms with Crippen LogP contribution in [0.3, 0.4) is 0 Å². The molecule has 0 aromatic rings. The predicted octanol–water partition coefficient (Wildman–Crippen LogP) is 6.43. The third-order valence-electron chi connectivity index (χ3n) is 5.23. The van der Waals surface area contributed by atoms with Crippen molar-refractivity contribution in [3.8, 4) is 0 Å². The Balaban J connectivity index is 1.80. The van der Waals surface area contributed by atoms with Crippen molar-refractivity contribution in [2.24, 2.45) is 0 Å². The van der Waals surface area contributed by atoms with Crippen LogP contribution >= 0.6 is 0 Å². The number of hydrogen-bond donors (Lipinski definition) is 0. The molecule has 0 aliphatic heterocycles. The first-order chi connectivity index (χ1) is 12.3. The standard InChI is InChI=1S/C21H40O3Si/c1-22-25(23-2,24-3)20-16-12-10-8-6-4-5-7-9-11-13-17-21-18-14-15-19-21/h14,18-19H,4-13,15-17,20H2,1-3H3. The Labute approximate surface area is 157 Å². The van der Waals surface area contributed by atoms with Gasteiger partial charge in [0.05, 0.1) is 0 Å². The van der Waals surface area contributed by atoms with Crippen LogP contribution in [0.4, 0.5) is 0 Å². The minimum absolute atomic E-state index is 0.934. The molecule has 0 spiro atoms. The number of rotatable bonds is 17. The van der Waals surface area contributed by atoms with Gasteiger partial charge in [-0.2, -0.15) is 0 Å². The maximum absolute atomic E-state index is 5.45. The summed E-state index contributed by atoms with van der Waals surface area (Å²) in [6.07, 6.45) is 24.3. The summed E-state index contributed by atoms with van der Waals surface area (Å²) in [6.45, 7) is 0. The second kappa shape index (κ2) is 14.7. The summed E-state index contributed by atoms with van der Waals surface area (Å²) in [5, 5.41) is 0. The molecule has 0 bridgehead atoms. The van der Waals surface area contributed by atoms with Crippen molar-refractivity contribution in [3.63, 3.8) is 0 Å². The molecule has 0 unspecified atom stereocenters. The highest BCUT2D eigenvalue weighted by atomic mass is 28.4. The van der Waals surface area contributed by atoms with E-state index >= 15 is 0 Å².